The number of anilines is 1. The predicted octanol–water partition coefficient (Wildman–Crippen LogP) is 3.63. The molecule has 0 fully saturated rings. The summed E-state index contributed by atoms with van der Waals surface area (Å²) in [6.07, 6.45) is 1.42. The number of thioether (sulfide) groups is 1. The largest absolute Gasteiger partial charge is 0.324 e. The maximum Gasteiger partial charge on any atom is 0.269 e. The van der Waals surface area contributed by atoms with Crippen molar-refractivity contribution in [3.8, 4) is 5.69 Å². The lowest BCUT2D eigenvalue weighted by Crippen LogP contribution is -2.22. The van der Waals surface area contributed by atoms with Crippen LogP contribution in [0.3, 0.4) is 0 Å². The van der Waals surface area contributed by atoms with E-state index in [1.807, 2.05) is 6.07 Å². The minimum Gasteiger partial charge on any atom is -0.324 e. The first kappa shape index (κ1) is 19.2. The van der Waals surface area contributed by atoms with E-state index in [0.29, 0.717) is 27.6 Å². The van der Waals surface area contributed by atoms with Gasteiger partial charge in [0, 0.05) is 0 Å². The van der Waals surface area contributed by atoms with Crippen molar-refractivity contribution < 1.29 is 9.18 Å². The Labute approximate surface area is 172 Å². The molecule has 0 aliphatic heterocycles. The number of aromatic nitrogens is 4. The fraction of sp³-hybridized carbons (Fsp3) is 0.0526. The average Bonchev–Trinajstić information content (AvgIpc) is 3.18. The molecule has 0 saturated carbocycles. The molecule has 2 heterocycles. The molecule has 4 rings (SSSR count). The smallest absolute Gasteiger partial charge is 0.269 e. The molecule has 7 nitrogen and oxygen atoms in total. The van der Waals surface area contributed by atoms with Gasteiger partial charge in [-0.3, -0.25) is 19.3 Å². The third-order valence-corrected chi connectivity index (χ3v) is 5.25. The number of hydrogen-bond donors (Lipinski definition) is 2. The Morgan fingerprint density at radius 1 is 1.24 bits per heavy atom. The molecule has 2 aromatic heterocycles. The summed E-state index contributed by atoms with van der Waals surface area (Å²) in [5.41, 5.74) is 0.972. The van der Waals surface area contributed by atoms with Crippen LogP contribution in [0.4, 0.5) is 10.1 Å². The standard InChI is InChI=1S/C19H13ClFN5O2S/c20-14-8-11(21)6-7-15(14)23-16(27)10-29-19-24-17-13(9-22-25-17)18(28)26(19)12-4-2-1-3-5-12/h1-9H,10H2,(H,22,25)(H,23,27). The molecule has 0 aliphatic carbocycles. The van der Waals surface area contributed by atoms with E-state index in [4.69, 9.17) is 11.6 Å². The fourth-order valence-electron chi connectivity index (χ4n) is 2.68. The SMILES string of the molecule is O=C(CSc1nc2[nH]ncc2c(=O)n1-c1ccccc1)Nc1ccc(F)cc1Cl. The molecule has 0 atom stereocenters. The van der Waals surface area contributed by atoms with Gasteiger partial charge in [-0.15, -0.1) is 0 Å². The third-order valence-electron chi connectivity index (χ3n) is 4.00. The van der Waals surface area contributed by atoms with Crippen molar-refractivity contribution in [2.75, 3.05) is 11.1 Å². The van der Waals surface area contributed by atoms with E-state index < -0.39 is 5.82 Å². The highest BCUT2D eigenvalue weighted by molar-refractivity contribution is 7.99. The van der Waals surface area contributed by atoms with Gasteiger partial charge in [0.2, 0.25) is 5.91 Å². The summed E-state index contributed by atoms with van der Waals surface area (Å²) in [5, 5.41) is 9.95. The van der Waals surface area contributed by atoms with E-state index in [1.54, 1.807) is 24.3 Å². The number of benzene rings is 2. The number of nitrogens with one attached hydrogen (secondary N) is 2. The molecule has 2 aromatic carbocycles. The molecule has 1 amide bonds. The molecule has 0 saturated heterocycles. The number of amides is 1. The first-order valence-electron chi connectivity index (χ1n) is 8.42. The van der Waals surface area contributed by atoms with Crippen molar-refractivity contribution in [1.82, 2.24) is 19.7 Å². The van der Waals surface area contributed by atoms with Crippen molar-refractivity contribution in [3.05, 3.63) is 75.9 Å². The molecule has 0 unspecified atom stereocenters. The van der Waals surface area contributed by atoms with Crippen LogP contribution in [0, 0.1) is 5.82 Å². The van der Waals surface area contributed by atoms with Crippen molar-refractivity contribution in [2.24, 2.45) is 0 Å². The van der Waals surface area contributed by atoms with Crippen LogP contribution in [-0.4, -0.2) is 31.4 Å². The Hall–Kier alpha value is -3.17. The lowest BCUT2D eigenvalue weighted by Gasteiger charge is -2.12. The van der Waals surface area contributed by atoms with E-state index in [0.717, 1.165) is 17.8 Å². The van der Waals surface area contributed by atoms with Crippen LogP contribution in [0.5, 0.6) is 0 Å². The molecule has 29 heavy (non-hydrogen) atoms. The molecule has 0 bridgehead atoms. The summed E-state index contributed by atoms with van der Waals surface area (Å²) in [7, 11) is 0. The second-order valence-electron chi connectivity index (χ2n) is 5.96. The number of H-pyrrole nitrogens is 1. The van der Waals surface area contributed by atoms with Gasteiger partial charge in [-0.1, -0.05) is 41.6 Å². The fourth-order valence-corrected chi connectivity index (χ4v) is 3.70. The number of para-hydroxylation sites is 1. The molecule has 146 valence electrons. The van der Waals surface area contributed by atoms with Gasteiger partial charge in [0.25, 0.3) is 5.56 Å². The van der Waals surface area contributed by atoms with Crippen molar-refractivity contribution >= 4 is 46.0 Å². The highest BCUT2D eigenvalue weighted by atomic mass is 35.5. The molecule has 0 radical (unpaired) electrons. The van der Waals surface area contributed by atoms with Crippen LogP contribution in [0.1, 0.15) is 0 Å². The number of carbonyl (C=O) groups is 1. The minimum atomic E-state index is -0.494. The molecule has 4 aromatic rings. The van der Waals surface area contributed by atoms with Crippen molar-refractivity contribution in [2.45, 2.75) is 5.16 Å². The lowest BCUT2D eigenvalue weighted by atomic mass is 10.3. The van der Waals surface area contributed by atoms with Gasteiger partial charge in [0.15, 0.2) is 10.8 Å². The number of hydrogen-bond acceptors (Lipinski definition) is 5. The third kappa shape index (κ3) is 4.01. The number of rotatable bonds is 5. The Bertz CT molecular complexity index is 1260. The molecule has 0 aliphatic rings. The summed E-state index contributed by atoms with van der Waals surface area (Å²) in [6, 6.07) is 12.7. The second kappa shape index (κ2) is 8.06. The normalized spacial score (nSPS) is 11.0. The quantitative estimate of drug-likeness (QED) is 0.373. The summed E-state index contributed by atoms with van der Waals surface area (Å²) >= 11 is 7.02. The van der Waals surface area contributed by atoms with E-state index in [-0.39, 0.29) is 22.2 Å². The zero-order valence-electron chi connectivity index (χ0n) is 14.7. The average molecular weight is 430 g/mol. The molecule has 10 heteroatoms. The monoisotopic (exact) mass is 429 g/mol. The summed E-state index contributed by atoms with van der Waals surface area (Å²) in [5.74, 6) is -0.902. The van der Waals surface area contributed by atoms with Crippen LogP contribution < -0.4 is 10.9 Å². The van der Waals surface area contributed by atoms with E-state index in [9.17, 15) is 14.0 Å². The van der Waals surface area contributed by atoms with Crippen LogP contribution in [0.25, 0.3) is 16.7 Å². The Balaban J connectivity index is 1.62. The van der Waals surface area contributed by atoms with Gasteiger partial charge >= 0.3 is 0 Å². The summed E-state index contributed by atoms with van der Waals surface area (Å²) in [4.78, 5) is 29.7. The molecular weight excluding hydrogens is 417 g/mol. The molecule has 0 spiro atoms. The van der Waals surface area contributed by atoms with Gasteiger partial charge < -0.3 is 5.32 Å². The number of fused-ring (bicyclic) bond motifs is 1. The highest BCUT2D eigenvalue weighted by Crippen LogP contribution is 2.24. The van der Waals surface area contributed by atoms with Crippen molar-refractivity contribution in [1.29, 1.82) is 0 Å². The molecular formula is C19H13ClFN5O2S. The number of halogens is 2. The van der Waals surface area contributed by atoms with Gasteiger partial charge in [0.05, 0.1) is 28.3 Å². The van der Waals surface area contributed by atoms with Crippen LogP contribution >= 0.6 is 23.4 Å². The number of nitrogens with zero attached hydrogens (tertiary/aromatic N) is 3. The Kier molecular flexibility index (Phi) is 5.32. The molecule has 2 N–H and O–H groups in total. The summed E-state index contributed by atoms with van der Waals surface area (Å²) < 4.78 is 14.6. The maximum atomic E-state index is 13.1. The second-order valence-corrected chi connectivity index (χ2v) is 7.31. The van der Waals surface area contributed by atoms with Gasteiger partial charge in [-0.25, -0.2) is 9.37 Å². The lowest BCUT2D eigenvalue weighted by molar-refractivity contribution is -0.113. The highest BCUT2D eigenvalue weighted by Gasteiger charge is 2.16. The number of aromatic amines is 1. The van der Waals surface area contributed by atoms with Gasteiger partial charge in [0.1, 0.15) is 11.2 Å². The summed E-state index contributed by atoms with van der Waals surface area (Å²) in [6.45, 7) is 0. The number of carbonyl (C=O) groups excluding carboxylic acids is 1. The van der Waals surface area contributed by atoms with Gasteiger partial charge in [-0.2, -0.15) is 5.10 Å². The first-order chi connectivity index (χ1) is 14.0. The Morgan fingerprint density at radius 2 is 2.03 bits per heavy atom. The predicted molar refractivity (Wildman–Crippen MR) is 110 cm³/mol. The topological polar surface area (TPSA) is 92.7 Å². The zero-order chi connectivity index (χ0) is 20.4. The van der Waals surface area contributed by atoms with E-state index in [1.165, 1.54) is 22.9 Å². The van der Waals surface area contributed by atoms with Crippen LogP contribution in [0.15, 0.2) is 64.7 Å². The first-order valence-corrected chi connectivity index (χ1v) is 9.78. The minimum absolute atomic E-state index is 0.0351. The Morgan fingerprint density at radius 3 is 2.79 bits per heavy atom. The van der Waals surface area contributed by atoms with E-state index >= 15 is 0 Å². The van der Waals surface area contributed by atoms with Crippen LogP contribution in [0.2, 0.25) is 5.02 Å². The van der Waals surface area contributed by atoms with Gasteiger partial charge in [-0.05, 0) is 30.3 Å². The maximum absolute atomic E-state index is 13.1. The van der Waals surface area contributed by atoms with Crippen LogP contribution in [-0.2, 0) is 4.79 Å². The zero-order valence-corrected chi connectivity index (χ0v) is 16.3. The van der Waals surface area contributed by atoms with E-state index in [2.05, 4.69) is 20.5 Å². The van der Waals surface area contributed by atoms with Crippen molar-refractivity contribution in [3.63, 3.8) is 0 Å².